The number of fused-ring (bicyclic) bond motifs is 1. The fourth-order valence-electron chi connectivity index (χ4n) is 2.17. The summed E-state index contributed by atoms with van der Waals surface area (Å²) in [5, 5.41) is 21.6. The second kappa shape index (κ2) is 5.60. The van der Waals surface area contributed by atoms with E-state index in [1.54, 1.807) is 6.92 Å². The van der Waals surface area contributed by atoms with Crippen molar-refractivity contribution >= 4 is 17.0 Å². The van der Waals surface area contributed by atoms with Crippen molar-refractivity contribution < 1.29 is 15.0 Å². The van der Waals surface area contributed by atoms with Crippen molar-refractivity contribution in [3.05, 3.63) is 29.6 Å². The Kier molecular flexibility index (Phi) is 4.06. The molecule has 0 amide bonds. The summed E-state index contributed by atoms with van der Waals surface area (Å²) in [5.74, 6) is -0.0384. The number of hydrogen-bond donors (Lipinski definition) is 3. The van der Waals surface area contributed by atoms with Crippen molar-refractivity contribution in [3.8, 4) is 0 Å². The van der Waals surface area contributed by atoms with E-state index in [2.05, 4.69) is 10.3 Å². The number of carboxylic acid groups (broad SMARTS) is 1. The minimum Gasteiger partial charge on any atom is -0.480 e. The van der Waals surface area contributed by atoms with Gasteiger partial charge in [0.1, 0.15) is 5.82 Å². The summed E-state index contributed by atoms with van der Waals surface area (Å²) in [6, 6.07) is 5.24. The molecule has 0 bridgehead atoms. The minimum atomic E-state index is -0.945. The molecule has 0 spiro atoms. The van der Waals surface area contributed by atoms with Gasteiger partial charge in [0.25, 0.3) is 0 Å². The number of carboxylic acids is 1. The van der Waals surface area contributed by atoms with Crippen LogP contribution in [0.25, 0.3) is 11.0 Å². The molecule has 1 aromatic heterocycles. The Bertz CT molecular complexity index is 636. The van der Waals surface area contributed by atoms with E-state index in [9.17, 15) is 9.90 Å². The number of benzene rings is 1. The molecule has 0 radical (unpaired) electrons. The summed E-state index contributed by atoms with van der Waals surface area (Å²) in [5.41, 5.74) is 2.55. The first-order chi connectivity index (χ1) is 9.40. The van der Waals surface area contributed by atoms with Gasteiger partial charge < -0.3 is 20.1 Å². The first-order valence-corrected chi connectivity index (χ1v) is 6.46. The van der Waals surface area contributed by atoms with Gasteiger partial charge in [-0.15, -0.1) is 0 Å². The Labute approximate surface area is 117 Å². The zero-order valence-electron chi connectivity index (χ0n) is 11.8. The number of hydrogen-bond acceptors (Lipinski definition) is 4. The van der Waals surface area contributed by atoms with Gasteiger partial charge in [0, 0.05) is 13.1 Å². The molecule has 2 atom stereocenters. The molecule has 0 fully saturated rings. The molecule has 0 aliphatic carbocycles. The lowest BCUT2D eigenvalue weighted by atomic mass is 10.0. The molecular weight excluding hydrogens is 258 g/mol. The van der Waals surface area contributed by atoms with Crippen LogP contribution >= 0.6 is 0 Å². The van der Waals surface area contributed by atoms with Crippen LogP contribution in [0.2, 0.25) is 0 Å². The second-order valence-corrected chi connectivity index (χ2v) is 4.97. The summed E-state index contributed by atoms with van der Waals surface area (Å²) in [7, 11) is 1.94. The topological polar surface area (TPSA) is 87.4 Å². The highest BCUT2D eigenvalue weighted by atomic mass is 16.4. The predicted molar refractivity (Wildman–Crippen MR) is 75.5 cm³/mol. The molecule has 1 heterocycles. The number of aliphatic hydroxyl groups is 1. The lowest BCUT2D eigenvalue weighted by molar-refractivity contribution is -0.136. The molecule has 6 heteroatoms. The van der Waals surface area contributed by atoms with Gasteiger partial charge in [0.2, 0.25) is 0 Å². The van der Waals surface area contributed by atoms with Crippen molar-refractivity contribution in [2.75, 3.05) is 6.54 Å². The van der Waals surface area contributed by atoms with E-state index in [-0.39, 0.29) is 12.6 Å². The standard InChI is InChI=1S/C14H19N3O3/c1-8(15-7-13(18)19)14(20)10-4-5-12-11(6-10)16-9(2)17(12)3/h4-6,8,14-15,20H,7H2,1-3H3,(H,18,19). The average molecular weight is 277 g/mol. The van der Waals surface area contributed by atoms with Crippen LogP contribution in [0, 0.1) is 6.92 Å². The average Bonchev–Trinajstić information content (AvgIpc) is 2.70. The van der Waals surface area contributed by atoms with Crippen LogP contribution in [0.15, 0.2) is 18.2 Å². The van der Waals surface area contributed by atoms with Crippen LogP contribution in [0.5, 0.6) is 0 Å². The van der Waals surface area contributed by atoms with Crippen molar-refractivity contribution in [3.63, 3.8) is 0 Å². The maximum atomic E-state index is 10.5. The number of aliphatic carboxylic acids is 1. The Morgan fingerprint density at radius 2 is 2.20 bits per heavy atom. The fraction of sp³-hybridized carbons (Fsp3) is 0.429. The third-order valence-corrected chi connectivity index (χ3v) is 3.52. The summed E-state index contributed by atoms with van der Waals surface area (Å²) >= 11 is 0. The number of rotatable bonds is 5. The van der Waals surface area contributed by atoms with Crippen molar-refractivity contribution in [1.29, 1.82) is 0 Å². The molecule has 1 aromatic carbocycles. The zero-order valence-corrected chi connectivity index (χ0v) is 11.8. The molecule has 2 aromatic rings. The van der Waals surface area contributed by atoms with Crippen LogP contribution in [-0.2, 0) is 11.8 Å². The van der Waals surface area contributed by atoms with E-state index in [0.29, 0.717) is 0 Å². The summed E-state index contributed by atoms with van der Waals surface area (Å²) in [4.78, 5) is 14.9. The molecule has 2 unspecified atom stereocenters. The van der Waals surface area contributed by atoms with Crippen LogP contribution < -0.4 is 5.32 Å². The Hall–Kier alpha value is -1.92. The van der Waals surface area contributed by atoms with Crippen LogP contribution in [-0.4, -0.2) is 38.3 Å². The summed E-state index contributed by atoms with van der Waals surface area (Å²) in [6.07, 6.45) is -0.777. The van der Waals surface area contributed by atoms with Crippen molar-refractivity contribution in [1.82, 2.24) is 14.9 Å². The van der Waals surface area contributed by atoms with E-state index in [0.717, 1.165) is 22.4 Å². The SMILES string of the molecule is Cc1nc2cc(C(O)C(C)NCC(=O)O)ccc2n1C. The van der Waals surface area contributed by atoms with Crippen molar-refractivity contribution in [2.24, 2.45) is 7.05 Å². The van der Waals surface area contributed by atoms with E-state index < -0.39 is 12.1 Å². The lowest BCUT2D eigenvalue weighted by Crippen LogP contribution is -2.35. The summed E-state index contributed by atoms with van der Waals surface area (Å²) < 4.78 is 1.98. The first-order valence-electron chi connectivity index (χ1n) is 6.46. The molecule has 0 aliphatic rings. The van der Waals surface area contributed by atoms with Gasteiger partial charge in [-0.3, -0.25) is 4.79 Å². The van der Waals surface area contributed by atoms with Gasteiger partial charge in [-0.25, -0.2) is 4.98 Å². The van der Waals surface area contributed by atoms with Crippen LogP contribution in [0.1, 0.15) is 24.4 Å². The van der Waals surface area contributed by atoms with Gasteiger partial charge in [0.15, 0.2) is 0 Å². The highest BCUT2D eigenvalue weighted by molar-refractivity contribution is 5.77. The number of nitrogens with zero attached hydrogens (tertiary/aromatic N) is 2. The predicted octanol–water partition coefficient (Wildman–Crippen LogP) is 0.978. The summed E-state index contributed by atoms with van der Waals surface area (Å²) in [6.45, 7) is 3.50. The van der Waals surface area contributed by atoms with Crippen LogP contribution in [0.4, 0.5) is 0 Å². The van der Waals surface area contributed by atoms with Gasteiger partial charge >= 0.3 is 5.97 Å². The number of imidazole rings is 1. The number of aliphatic hydroxyl groups excluding tert-OH is 1. The van der Waals surface area contributed by atoms with Crippen LogP contribution in [0.3, 0.4) is 0 Å². The Morgan fingerprint density at radius 1 is 1.50 bits per heavy atom. The molecule has 0 saturated heterocycles. The largest absolute Gasteiger partial charge is 0.480 e. The lowest BCUT2D eigenvalue weighted by Gasteiger charge is -2.19. The second-order valence-electron chi connectivity index (χ2n) is 4.97. The van der Waals surface area contributed by atoms with Gasteiger partial charge in [-0.1, -0.05) is 6.07 Å². The van der Waals surface area contributed by atoms with E-state index in [4.69, 9.17) is 5.11 Å². The molecular formula is C14H19N3O3. The molecule has 0 saturated carbocycles. The number of aryl methyl sites for hydroxylation is 2. The van der Waals surface area contributed by atoms with Gasteiger partial charge in [0.05, 0.1) is 23.7 Å². The van der Waals surface area contributed by atoms with E-state index in [1.165, 1.54) is 0 Å². The van der Waals surface area contributed by atoms with E-state index in [1.807, 2.05) is 36.7 Å². The third-order valence-electron chi connectivity index (χ3n) is 3.52. The maximum Gasteiger partial charge on any atom is 0.317 e. The highest BCUT2D eigenvalue weighted by Gasteiger charge is 2.18. The first kappa shape index (κ1) is 14.5. The molecule has 3 N–H and O–H groups in total. The highest BCUT2D eigenvalue weighted by Crippen LogP contribution is 2.22. The Morgan fingerprint density at radius 3 is 2.85 bits per heavy atom. The van der Waals surface area contributed by atoms with Gasteiger partial charge in [-0.2, -0.15) is 0 Å². The normalized spacial score (nSPS) is 14.4. The Balaban J connectivity index is 2.21. The third kappa shape index (κ3) is 2.81. The number of nitrogens with one attached hydrogen (secondary N) is 1. The molecule has 108 valence electrons. The zero-order chi connectivity index (χ0) is 14.9. The molecule has 2 rings (SSSR count). The number of carbonyl (C=O) groups is 1. The minimum absolute atomic E-state index is 0.177. The smallest absolute Gasteiger partial charge is 0.317 e. The van der Waals surface area contributed by atoms with E-state index >= 15 is 0 Å². The number of aromatic nitrogens is 2. The van der Waals surface area contributed by atoms with Gasteiger partial charge in [-0.05, 0) is 31.5 Å². The maximum absolute atomic E-state index is 10.5. The molecule has 0 aliphatic heterocycles. The quantitative estimate of drug-likeness (QED) is 0.758. The fourth-order valence-corrected chi connectivity index (χ4v) is 2.17. The van der Waals surface area contributed by atoms with Crippen molar-refractivity contribution in [2.45, 2.75) is 26.0 Å². The molecule has 20 heavy (non-hydrogen) atoms. The monoisotopic (exact) mass is 277 g/mol. The molecule has 6 nitrogen and oxygen atoms in total.